The van der Waals surface area contributed by atoms with E-state index in [1.807, 2.05) is 6.92 Å². The number of hydrogen-bond acceptors (Lipinski definition) is 4. The third-order valence-corrected chi connectivity index (χ3v) is 3.92. The molecule has 1 aliphatic rings. The van der Waals surface area contributed by atoms with E-state index in [0.29, 0.717) is 23.4 Å². The van der Waals surface area contributed by atoms with Gasteiger partial charge in [-0.3, -0.25) is 14.5 Å². The number of urea groups is 1. The van der Waals surface area contributed by atoms with Gasteiger partial charge in [0.25, 0.3) is 11.8 Å². The van der Waals surface area contributed by atoms with Crippen molar-refractivity contribution < 1.29 is 19.1 Å². The van der Waals surface area contributed by atoms with Crippen LogP contribution in [0.25, 0.3) is 0 Å². The maximum Gasteiger partial charge on any atom is 0.319 e. The number of nitrogens with one attached hydrogen (secondary N) is 2. The Bertz CT molecular complexity index is 798. The van der Waals surface area contributed by atoms with Gasteiger partial charge in [-0.2, -0.15) is 0 Å². The lowest BCUT2D eigenvalue weighted by Gasteiger charge is -2.14. The first-order valence-electron chi connectivity index (χ1n) is 8.33. The fourth-order valence-corrected chi connectivity index (χ4v) is 2.70. The van der Waals surface area contributed by atoms with Crippen LogP contribution in [-0.4, -0.2) is 42.4 Å². The Balaban J connectivity index is 1.48. The molecular weight excluding hydrogens is 334 g/mol. The number of fused-ring (bicyclic) bond motifs is 1. The van der Waals surface area contributed by atoms with E-state index in [1.54, 1.807) is 48.5 Å². The standard InChI is InChI=1S/C19H19N3O4/c1-2-26-14-9-7-13(8-10-14)21-19(25)20-11-12-22-17(23)15-5-3-4-6-16(15)18(22)24/h3-10H,2,11-12H2,1H3,(H2,20,21,25). The van der Waals surface area contributed by atoms with Crippen molar-refractivity contribution in [2.45, 2.75) is 6.92 Å². The fraction of sp³-hybridized carbons (Fsp3) is 0.211. The van der Waals surface area contributed by atoms with Crippen molar-refractivity contribution in [2.75, 3.05) is 25.0 Å². The van der Waals surface area contributed by atoms with Gasteiger partial charge in [-0.25, -0.2) is 4.79 Å². The second kappa shape index (κ2) is 7.69. The molecule has 0 aromatic heterocycles. The summed E-state index contributed by atoms with van der Waals surface area (Å²) in [6.07, 6.45) is 0. The van der Waals surface area contributed by atoms with Crippen LogP contribution < -0.4 is 15.4 Å². The largest absolute Gasteiger partial charge is 0.494 e. The van der Waals surface area contributed by atoms with Gasteiger partial charge in [0.15, 0.2) is 0 Å². The molecule has 4 amide bonds. The van der Waals surface area contributed by atoms with Crippen LogP contribution in [0.1, 0.15) is 27.6 Å². The summed E-state index contributed by atoms with van der Waals surface area (Å²) >= 11 is 0. The first-order valence-corrected chi connectivity index (χ1v) is 8.33. The van der Waals surface area contributed by atoms with Crippen molar-refractivity contribution in [3.05, 3.63) is 59.7 Å². The van der Waals surface area contributed by atoms with Crippen molar-refractivity contribution in [3.63, 3.8) is 0 Å². The van der Waals surface area contributed by atoms with E-state index in [9.17, 15) is 14.4 Å². The number of amides is 4. The predicted octanol–water partition coefficient (Wildman–Crippen LogP) is 2.50. The number of anilines is 1. The van der Waals surface area contributed by atoms with Crippen molar-refractivity contribution >= 4 is 23.5 Å². The molecular formula is C19H19N3O4. The van der Waals surface area contributed by atoms with Crippen LogP contribution in [0.2, 0.25) is 0 Å². The molecule has 2 N–H and O–H groups in total. The van der Waals surface area contributed by atoms with Gasteiger partial charge in [-0.1, -0.05) is 12.1 Å². The highest BCUT2D eigenvalue weighted by molar-refractivity contribution is 6.21. The molecule has 0 saturated heterocycles. The molecule has 0 spiro atoms. The van der Waals surface area contributed by atoms with Crippen molar-refractivity contribution in [3.8, 4) is 5.75 Å². The average molecular weight is 353 g/mol. The zero-order chi connectivity index (χ0) is 18.5. The Kier molecular flexibility index (Phi) is 5.17. The van der Waals surface area contributed by atoms with Gasteiger partial charge >= 0.3 is 6.03 Å². The molecule has 0 aliphatic carbocycles. The molecule has 0 bridgehead atoms. The van der Waals surface area contributed by atoms with Crippen molar-refractivity contribution in [2.24, 2.45) is 0 Å². The lowest BCUT2D eigenvalue weighted by Crippen LogP contribution is -2.39. The van der Waals surface area contributed by atoms with Crippen LogP contribution in [-0.2, 0) is 0 Å². The monoisotopic (exact) mass is 353 g/mol. The van der Waals surface area contributed by atoms with E-state index in [4.69, 9.17) is 4.74 Å². The third-order valence-electron chi connectivity index (χ3n) is 3.92. The van der Waals surface area contributed by atoms with Crippen LogP contribution >= 0.6 is 0 Å². The van der Waals surface area contributed by atoms with E-state index in [2.05, 4.69) is 10.6 Å². The number of carbonyl (C=O) groups is 3. The second-order valence-corrected chi connectivity index (χ2v) is 5.65. The lowest BCUT2D eigenvalue weighted by atomic mass is 10.1. The Morgan fingerprint density at radius 1 is 1.00 bits per heavy atom. The molecule has 0 unspecified atom stereocenters. The van der Waals surface area contributed by atoms with E-state index in [-0.39, 0.29) is 24.9 Å². The van der Waals surface area contributed by atoms with Crippen LogP contribution in [0.5, 0.6) is 5.75 Å². The summed E-state index contributed by atoms with van der Waals surface area (Å²) in [6, 6.07) is 13.3. The first kappa shape index (κ1) is 17.5. The Morgan fingerprint density at radius 2 is 1.62 bits per heavy atom. The number of hydrogen-bond donors (Lipinski definition) is 2. The van der Waals surface area contributed by atoms with Gasteiger partial charge in [0.05, 0.1) is 17.7 Å². The molecule has 0 atom stereocenters. The van der Waals surface area contributed by atoms with E-state index in [0.717, 1.165) is 10.6 Å². The minimum atomic E-state index is -0.411. The Morgan fingerprint density at radius 3 is 2.19 bits per heavy atom. The molecule has 3 rings (SSSR count). The van der Waals surface area contributed by atoms with Gasteiger partial charge in [0, 0.05) is 18.8 Å². The van der Waals surface area contributed by atoms with Gasteiger partial charge in [0.2, 0.25) is 0 Å². The van der Waals surface area contributed by atoms with E-state index in [1.165, 1.54) is 0 Å². The van der Waals surface area contributed by atoms with E-state index >= 15 is 0 Å². The summed E-state index contributed by atoms with van der Waals surface area (Å²) in [5, 5.41) is 5.32. The first-order chi connectivity index (χ1) is 12.6. The second-order valence-electron chi connectivity index (χ2n) is 5.65. The highest BCUT2D eigenvalue weighted by atomic mass is 16.5. The molecule has 1 aliphatic heterocycles. The molecule has 7 heteroatoms. The van der Waals surface area contributed by atoms with Gasteiger partial charge < -0.3 is 15.4 Å². The normalized spacial score (nSPS) is 12.7. The highest BCUT2D eigenvalue weighted by Crippen LogP contribution is 2.21. The van der Waals surface area contributed by atoms with Crippen LogP contribution in [0, 0.1) is 0 Å². The van der Waals surface area contributed by atoms with E-state index < -0.39 is 6.03 Å². The predicted molar refractivity (Wildman–Crippen MR) is 96.4 cm³/mol. The zero-order valence-electron chi connectivity index (χ0n) is 14.3. The Labute approximate surface area is 150 Å². The number of imide groups is 1. The molecule has 0 radical (unpaired) electrons. The van der Waals surface area contributed by atoms with Crippen molar-refractivity contribution in [1.82, 2.24) is 10.2 Å². The summed E-state index contributed by atoms with van der Waals surface area (Å²) in [7, 11) is 0. The topological polar surface area (TPSA) is 87.7 Å². The molecule has 0 saturated carbocycles. The number of nitrogens with zero attached hydrogens (tertiary/aromatic N) is 1. The summed E-state index contributed by atoms with van der Waals surface area (Å²) < 4.78 is 5.34. The van der Waals surface area contributed by atoms with Crippen molar-refractivity contribution in [1.29, 1.82) is 0 Å². The summed E-state index contributed by atoms with van der Waals surface area (Å²) in [5.74, 6) is 0.0581. The van der Waals surface area contributed by atoms with Crippen LogP contribution in [0.15, 0.2) is 48.5 Å². The maximum absolute atomic E-state index is 12.2. The Hall–Kier alpha value is -3.35. The quantitative estimate of drug-likeness (QED) is 0.781. The molecule has 2 aromatic carbocycles. The van der Waals surface area contributed by atoms with Gasteiger partial charge in [-0.15, -0.1) is 0 Å². The number of benzene rings is 2. The maximum atomic E-state index is 12.2. The smallest absolute Gasteiger partial charge is 0.319 e. The van der Waals surface area contributed by atoms with Gasteiger partial charge in [0.1, 0.15) is 5.75 Å². The molecule has 7 nitrogen and oxygen atoms in total. The average Bonchev–Trinajstić information content (AvgIpc) is 2.89. The molecule has 134 valence electrons. The SMILES string of the molecule is CCOc1ccc(NC(=O)NCCN2C(=O)c3ccccc3C2=O)cc1. The minimum absolute atomic E-state index is 0.114. The lowest BCUT2D eigenvalue weighted by molar-refractivity contribution is 0.0656. The third kappa shape index (κ3) is 3.66. The van der Waals surface area contributed by atoms with Crippen LogP contribution in [0.4, 0.5) is 10.5 Å². The number of ether oxygens (including phenoxy) is 1. The number of carbonyl (C=O) groups excluding carboxylic acids is 3. The molecule has 2 aromatic rings. The summed E-state index contributed by atoms with van der Waals surface area (Å²) in [5.41, 5.74) is 1.42. The zero-order valence-corrected chi connectivity index (χ0v) is 14.3. The van der Waals surface area contributed by atoms with Gasteiger partial charge in [-0.05, 0) is 43.3 Å². The number of rotatable bonds is 6. The fourth-order valence-electron chi connectivity index (χ4n) is 2.70. The summed E-state index contributed by atoms with van der Waals surface area (Å²) in [6.45, 7) is 2.75. The molecule has 0 fully saturated rings. The van der Waals surface area contributed by atoms with Crippen LogP contribution in [0.3, 0.4) is 0 Å². The molecule has 1 heterocycles. The summed E-state index contributed by atoms with van der Waals surface area (Å²) in [4.78, 5) is 37.5. The minimum Gasteiger partial charge on any atom is -0.494 e. The molecule has 26 heavy (non-hydrogen) atoms. The highest BCUT2D eigenvalue weighted by Gasteiger charge is 2.34.